The zero-order valence-electron chi connectivity index (χ0n) is 18.0. The van der Waals surface area contributed by atoms with E-state index in [-0.39, 0.29) is 0 Å². The minimum atomic E-state index is 0.461. The Hall–Kier alpha value is -3.92. The van der Waals surface area contributed by atoms with E-state index in [4.69, 9.17) is 5.73 Å². The summed E-state index contributed by atoms with van der Waals surface area (Å²) < 4.78 is 0. The molecule has 0 aromatic heterocycles. The molecular formula is C27H30N4. The van der Waals surface area contributed by atoms with Crippen molar-refractivity contribution in [1.29, 1.82) is 0 Å². The van der Waals surface area contributed by atoms with Crippen LogP contribution < -0.4 is 21.7 Å². The summed E-state index contributed by atoms with van der Waals surface area (Å²) in [5, 5.41) is 10.0. The van der Waals surface area contributed by atoms with E-state index in [0.29, 0.717) is 6.04 Å². The number of anilines is 6. The standard InChI is InChI=1S/C15H18N2.C12H12N2/c1-12(2)16-14-8-10-15(11-9-14)17-13-6-4-3-5-7-13;13-10-6-8-12(9-7-10)14-11-4-2-1-3-5-11/h3-12,16-17H,1-2H3;1-9,14H,13H2. The van der Waals surface area contributed by atoms with Gasteiger partial charge in [-0.05, 0) is 86.6 Å². The van der Waals surface area contributed by atoms with Crippen LogP contribution in [0.15, 0.2) is 109 Å². The molecule has 4 aromatic rings. The van der Waals surface area contributed by atoms with Crippen LogP contribution in [-0.2, 0) is 0 Å². The fourth-order valence-electron chi connectivity index (χ4n) is 2.93. The van der Waals surface area contributed by atoms with Gasteiger partial charge in [-0.25, -0.2) is 0 Å². The van der Waals surface area contributed by atoms with Crippen LogP contribution >= 0.6 is 0 Å². The Morgan fingerprint density at radius 2 is 0.839 bits per heavy atom. The Morgan fingerprint density at radius 1 is 0.484 bits per heavy atom. The number of nitrogen functional groups attached to an aromatic ring is 1. The van der Waals surface area contributed by atoms with Crippen LogP contribution in [0, 0.1) is 0 Å². The maximum absolute atomic E-state index is 5.59. The maximum Gasteiger partial charge on any atom is 0.0385 e. The van der Waals surface area contributed by atoms with Crippen LogP contribution in [0.25, 0.3) is 0 Å². The van der Waals surface area contributed by atoms with Crippen molar-refractivity contribution in [3.63, 3.8) is 0 Å². The van der Waals surface area contributed by atoms with Crippen molar-refractivity contribution in [3.05, 3.63) is 109 Å². The van der Waals surface area contributed by atoms with Gasteiger partial charge in [-0.1, -0.05) is 36.4 Å². The van der Waals surface area contributed by atoms with Gasteiger partial charge in [0.05, 0.1) is 0 Å². The SMILES string of the molecule is CC(C)Nc1ccc(Nc2ccccc2)cc1.Nc1ccc(Nc2ccccc2)cc1. The third-order valence-electron chi connectivity index (χ3n) is 4.38. The fourth-order valence-corrected chi connectivity index (χ4v) is 2.93. The Balaban J connectivity index is 0.000000179. The van der Waals surface area contributed by atoms with E-state index in [1.165, 1.54) is 0 Å². The lowest BCUT2D eigenvalue weighted by molar-refractivity contribution is 0.900. The van der Waals surface area contributed by atoms with E-state index in [1.807, 2.05) is 72.8 Å². The molecule has 5 N–H and O–H groups in total. The van der Waals surface area contributed by atoms with Crippen molar-refractivity contribution in [1.82, 2.24) is 0 Å². The minimum absolute atomic E-state index is 0.461. The number of nitrogens with two attached hydrogens (primary N) is 1. The number of nitrogens with one attached hydrogen (secondary N) is 3. The second-order valence-corrected chi connectivity index (χ2v) is 7.48. The average molecular weight is 411 g/mol. The van der Waals surface area contributed by atoms with Gasteiger partial charge in [-0.3, -0.25) is 0 Å². The summed E-state index contributed by atoms with van der Waals surface area (Å²) in [5.74, 6) is 0. The number of hydrogen-bond donors (Lipinski definition) is 4. The minimum Gasteiger partial charge on any atom is -0.399 e. The van der Waals surface area contributed by atoms with Gasteiger partial charge in [0.25, 0.3) is 0 Å². The van der Waals surface area contributed by atoms with Gasteiger partial charge in [-0.2, -0.15) is 0 Å². The summed E-state index contributed by atoms with van der Waals surface area (Å²) >= 11 is 0. The first-order chi connectivity index (χ1) is 15.1. The highest BCUT2D eigenvalue weighted by atomic mass is 14.9. The molecule has 0 fully saturated rings. The predicted molar refractivity (Wildman–Crippen MR) is 136 cm³/mol. The molecule has 0 aliphatic carbocycles. The molecule has 4 nitrogen and oxygen atoms in total. The van der Waals surface area contributed by atoms with Crippen molar-refractivity contribution in [2.75, 3.05) is 21.7 Å². The van der Waals surface area contributed by atoms with Crippen molar-refractivity contribution in [3.8, 4) is 0 Å². The molecule has 0 aliphatic rings. The van der Waals surface area contributed by atoms with Crippen molar-refractivity contribution < 1.29 is 0 Å². The first-order valence-electron chi connectivity index (χ1n) is 10.4. The molecule has 4 rings (SSSR count). The monoisotopic (exact) mass is 410 g/mol. The first-order valence-corrected chi connectivity index (χ1v) is 10.4. The lowest BCUT2D eigenvalue weighted by Gasteiger charge is -2.11. The molecule has 0 amide bonds. The number of benzene rings is 4. The van der Waals surface area contributed by atoms with Crippen LogP contribution in [0.3, 0.4) is 0 Å². The lowest BCUT2D eigenvalue weighted by atomic mass is 10.2. The number of para-hydroxylation sites is 2. The second kappa shape index (κ2) is 11.3. The fraction of sp³-hybridized carbons (Fsp3) is 0.111. The van der Waals surface area contributed by atoms with Gasteiger partial charge in [0.15, 0.2) is 0 Å². The van der Waals surface area contributed by atoms with Gasteiger partial charge in [-0.15, -0.1) is 0 Å². The summed E-state index contributed by atoms with van der Waals surface area (Å²) in [6.45, 7) is 4.27. The summed E-state index contributed by atoms with van der Waals surface area (Å²) in [6, 6.07) is 36.7. The van der Waals surface area contributed by atoms with E-state index >= 15 is 0 Å². The molecule has 31 heavy (non-hydrogen) atoms. The normalized spacial score (nSPS) is 10.0. The van der Waals surface area contributed by atoms with Crippen molar-refractivity contribution in [2.45, 2.75) is 19.9 Å². The smallest absolute Gasteiger partial charge is 0.0385 e. The van der Waals surface area contributed by atoms with E-state index in [2.05, 4.69) is 66.2 Å². The van der Waals surface area contributed by atoms with E-state index in [1.54, 1.807) is 0 Å². The first kappa shape index (κ1) is 21.8. The highest BCUT2D eigenvalue weighted by Gasteiger charge is 1.97. The molecule has 0 aliphatic heterocycles. The molecule has 4 heteroatoms. The summed E-state index contributed by atoms with van der Waals surface area (Å²) in [7, 11) is 0. The quantitative estimate of drug-likeness (QED) is 0.253. The van der Waals surface area contributed by atoms with Crippen LogP contribution in [0.1, 0.15) is 13.8 Å². The Labute approximate surface area is 185 Å². The molecular weight excluding hydrogens is 380 g/mol. The van der Waals surface area contributed by atoms with Crippen LogP contribution in [0.2, 0.25) is 0 Å². The molecule has 0 spiro atoms. The predicted octanol–water partition coefficient (Wildman–Crippen LogP) is 7.26. The number of hydrogen-bond acceptors (Lipinski definition) is 4. The van der Waals surface area contributed by atoms with E-state index in [0.717, 1.165) is 34.1 Å². The molecule has 4 aromatic carbocycles. The average Bonchev–Trinajstić information content (AvgIpc) is 2.78. The molecule has 158 valence electrons. The van der Waals surface area contributed by atoms with Gasteiger partial charge in [0.1, 0.15) is 0 Å². The Bertz CT molecular complexity index is 1010. The zero-order chi connectivity index (χ0) is 21.9. The van der Waals surface area contributed by atoms with Gasteiger partial charge in [0, 0.05) is 40.2 Å². The van der Waals surface area contributed by atoms with E-state index < -0.39 is 0 Å². The third kappa shape index (κ3) is 7.78. The zero-order valence-corrected chi connectivity index (χ0v) is 18.0. The molecule has 0 saturated heterocycles. The third-order valence-corrected chi connectivity index (χ3v) is 4.38. The Kier molecular flexibility index (Phi) is 7.95. The van der Waals surface area contributed by atoms with Crippen LogP contribution in [-0.4, -0.2) is 6.04 Å². The largest absolute Gasteiger partial charge is 0.399 e. The summed E-state index contributed by atoms with van der Waals surface area (Å²) in [5.41, 5.74) is 11.9. The van der Waals surface area contributed by atoms with Crippen molar-refractivity contribution >= 4 is 34.1 Å². The van der Waals surface area contributed by atoms with Gasteiger partial charge >= 0.3 is 0 Å². The molecule has 0 saturated carbocycles. The van der Waals surface area contributed by atoms with Gasteiger partial charge < -0.3 is 21.7 Å². The van der Waals surface area contributed by atoms with Gasteiger partial charge in [0.2, 0.25) is 0 Å². The van der Waals surface area contributed by atoms with Crippen LogP contribution in [0.4, 0.5) is 34.1 Å². The van der Waals surface area contributed by atoms with Crippen molar-refractivity contribution in [2.24, 2.45) is 0 Å². The summed E-state index contributed by atoms with van der Waals surface area (Å²) in [6.07, 6.45) is 0. The Morgan fingerprint density at radius 3 is 1.26 bits per heavy atom. The maximum atomic E-state index is 5.59. The molecule has 0 heterocycles. The van der Waals surface area contributed by atoms with Crippen LogP contribution in [0.5, 0.6) is 0 Å². The lowest BCUT2D eigenvalue weighted by Crippen LogP contribution is -2.09. The molecule has 0 unspecified atom stereocenters. The summed E-state index contributed by atoms with van der Waals surface area (Å²) in [4.78, 5) is 0. The topological polar surface area (TPSA) is 62.1 Å². The molecule has 0 atom stereocenters. The highest BCUT2D eigenvalue weighted by molar-refractivity contribution is 5.63. The second-order valence-electron chi connectivity index (χ2n) is 7.48. The van der Waals surface area contributed by atoms with E-state index in [9.17, 15) is 0 Å². The highest BCUT2D eigenvalue weighted by Crippen LogP contribution is 2.19. The molecule has 0 bridgehead atoms. The molecule has 0 radical (unpaired) electrons. The number of rotatable bonds is 6.